The van der Waals surface area contributed by atoms with E-state index in [-0.39, 0.29) is 6.61 Å². The van der Waals surface area contributed by atoms with Crippen molar-refractivity contribution in [3.8, 4) is 0 Å². The number of carbonyl (C=O) groups excluding carboxylic acids is 1. The molecule has 5 heteroatoms. The summed E-state index contributed by atoms with van der Waals surface area (Å²) in [6.07, 6.45) is 0.248. The Morgan fingerprint density at radius 2 is 2.06 bits per heavy atom. The molecule has 1 aromatic rings. The summed E-state index contributed by atoms with van der Waals surface area (Å²) in [5, 5.41) is 9.03. The monoisotopic (exact) mass is 252 g/mol. The number of anilines is 1. The zero-order valence-corrected chi connectivity index (χ0v) is 10.8. The number of primary amides is 1. The summed E-state index contributed by atoms with van der Waals surface area (Å²) < 4.78 is 5.05. The van der Waals surface area contributed by atoms with Gasteiger partial charge in [-0.2, -0.15) is 0 Å². The van der Waals surface area contributed by atoms with Crippen LogP contribution < -0.4 is 11.5 Å². The fourth-order valence-electron chi connectivity index (χ4n) is 1.94. The molecule has 0 unspecified atom stereocenters. The largest absolute Gasteiger partial charge is 0.443 e. The van der Waals surface area contributed by atoms with Crippen molar-refractivity contribution in [2.45, 2.75) is 32.3 Å². The molecule has 1 amide bonds. The van der Waals surface area contributed by atoms with E-state index in [2.05, 4.69) is 0 Å². The molecule has 0 aliphatic carbocycles. The second-order valence-electron chi connectivity index (χ2n) is 4.86. The molecule has 0 heterocycles. The Bertz CT molecular complexity index is 430. The lowest BCUT2D eigenvalue weighted by atomic mass is 9.93. The lowest BCUT2D eigenvalue weighted by Gasteiger charge is -2.25. The summed E-state index contributed by atoms with van der Waals surface area (Å²) in [6, 6.07) is 5.49. The Hall–Kier alpha value is -1.75. The van der Waals surface area contributed by atoms with E-state index >= 15 is 0 Å². The number of carbonyl (C=O) groups is 1. The Balaban J connectivity index is 2.92. The predicted molar refractivity (Wildman–Crippen MR) is 70.1 cm³/mol. The summed E-state index contributed by atoms with van der Waals surface area (Å²) in [5.74, 6) is 0. The van der Waals surface area contributed by atoms with Crippen LogP contribution in [0.15, 0.2) is 18.2 Å². The maximum atomic E-state index is 10.8. The SMILES string of the molecule is CC(C)(Cc1ccc(N)cc1CCO)OC(N)=O. The standard InChI is InChI=1S/C13H20N2O3/c1-13(2,18-12(15)17)8-10-3-4-11(14)7-9(10)5-6-16/h3-4,7,16H,5-6,8,14H2,1-2H3,(H2,15,17). The molecule has 0 saturated carbocycles. The van der Waals surface area contributed by atoms with Gasteiger partial charge in [-0.05, 0) is 43.5 Å². The normalized spacial score (nSPS) is 11.3. The number of aliphatic hydroxyl groups excluding tert-OH is 1. The highest BCUT2D eigenvalue weighted by atomic mass is 16.6. The van der Waals surface area contributed by atoms with Crippen LogP contribution in [0.1, 0.15) is 25.0 Å². The van der Waals surface area contributed by atoms with Crippen LogP contribution in [-0.4, -0.2) is 23.4 Å². The van der Waals surface area contributed by atoms with E-state index in [1.165, 1.54) is 0 Å². The third kappa shape index (κ3) is 4.25. The highest BCUT2D eigenvalue weighted by molar-refractivity contribution is 5.65. The quantitative estimate of drug-likeness (QED) is 0.686. The number of rotatable bonds is 5. The molecular weight excluding hydrogens is 232 g/mol. The number of nitrogens with two attached hydrogens (primary N) is 2. The van der Waals surface area contributed by atoms with Gasteiger partial charge in [-0.15, -0.1) is 0 Å². The highest BCUT2D eigenvalue weighted by Gasteiger charge is 2.23. The second-order valence-corrected chi connectivity index (χ2v) is 4.86. The van der Waals surface area contributed by atoms with Crippen molar-refractivity contribution in [3.05, 3.63) is 29.3 Å². The van der Waals surface area contributed by atoms with Gasteiger partial charge in [0.25, 0.3) is 0 Å². The van der Waals surface area contributed by atoms with Crippen molar-refractivity contribution < 1.29 is 14.6 Å². The fraction of sp³-hybridized carbons (Fsp3) is 0.462. The molecule has 0 spiro atoms. The molecule has 5 N–H and O–H groups in total. The third-order valence-electron chi connectivity index (χ3n) is 2.60. The van der Waals surface area contributed by atoms with Crippen LogP contribution >= 0.6 is 0 Å². The van der Waals surface area contributed by atoms with Gasteiger partial charge in [-0.25, -0.2) is 4.79 Å². The second kappa shape index (κ2) is 5.73. The minimum Gasteiger partial charge on any atom is -0.443 e. The van der Waals surface area contributed by atoms with Gasteiger partial charge in [-0.1, -0.05) is 6.07 Å². The van der Waals surface area contributed by atoms with E-state index in [0.717, 1.165) is 11.1 Å². The van der Waals surface area contributed by atoms with Crippen molar-refractivity contribution >= 4 is 11.8 Å². The van der Waals surface area contributed by atoms with E-state index in [1.807, 2.05) is 12.1 Å². The maximum absolute atomic E-state index is 10.8. The van der Waals surface area contributed by atoms with E-state index in [0.29, 0.717) is 18.5 Å². The molecule has 0 bridgehead atoms. The number of ether oxygens (including phenoxy) is 1. The number of hydrogen-bond acceptors (Lipinski definition) is 4. The van der Waals surface area contributed by atoms with E-state index in [9.17, 15) is 4.79 Å². The summed E-state index contributed by atoms with van der Waals surface area (Å²) in [6.45, 7) is 3.63. The van der Waals surface area contributed by atoms with Crippen LogP contribution in [0.5, 0.6) is 0 Å². The number of amides is 1. The minimum atomic E-state index is -0.792. The van der Waals surface area contributed by atoms with Crippen molar-refractivity contribution in [1.82, 2.24) is 0 Å². The lowest BCUT2D eigenvalue weighted by Crippen LogP contribution is -2.33. The zero-order chi connectivity index (χ0) is 13.8. The van der Waals surface area contributed by atoms with Crippen LogP contribution in [0.25, 0.3) is 0 Å². The van der Waals surface area contributed by atoms with Gasteiger partial charge in [-0.3, -0.25) is 0 Å². The summed E-state index contributed by atoms with van der Waals surface area (Å²) >= 11 is 0. The van der Waals surface area contributed by atoms with Crippen LogP contribution in [-0.2, 0) is 17.6 Å². The molecule has 0 radical (unpaired) electrons. The van der Waals surface area contributed by atoms with Gasteiger partial charge >= 0.3 is 6.09 Å². The van der Waals surface area contributed by atoms with Gasteiger partial charge in [0.15, 0.2) is 0 Å². The molecule has 5 nitrogen and oxygen atoms in total. The zero-order valence-electron chi connectivity index (χ0n) is 10.8. The van der Waals surface area contributed by atoms with E-state index in [4.69, 9.17) is 21.3 Å². The molecule has 100 valence electrons. The first-order valence-corrected chi connectivity index (χ1v) is 5.80. The van der Waals surface area contributed by atoms with Crippen LogP contribution in [0, 0.1) is 0 Å². The molecular formula is C13H20N2O3. The van der Waals surface area contributed by atoms with Crippen LogP contribution in [0.2, 0.25) is 0 Å². The summed E-state index contributed by atoms with van der Waals surface area (Å²) in [4.78, 5) is 10.8. The number of benzene rings is 1. The van der Waals surface area contributed by atoms with Gasteiger partial charge in [0.2, 0.25) is 0 Å². The molecule has 1 rings (SSSR count). The molecule has 1 aromatic carbocycles. The molecule has 0 atom stereocenters. The van der Waals surface area contributed by atoms with Crippen molar-refractivity contribution in [2.75, 3.05) is 12.3 Å². The summed E-state index contributed by atoms with van der Waals surface area (Å²) in [7, 11) is 0. The molecule has 0 saturated heterocycles. The highest BCUT2D eigenvalue weighted by Crippen LogP contribution is 2.22. The topological polar surface area (TPSA) is 98.6 Å². The van der Waals surface area contributed by atoms with Crippen molar-refractivity contribution in [1.29, 1.82) is 0 Å². The predicted octanol–water partition coefficient (Wildman–Crippen LogP) is 1.22. The Morgan fingerprint density at radius 1 is 1.39 bits per heavy atom. The lowest BCUT2D eigenvalue weighted by molar-refractivity contribution is 0.0458. The first-order valence-electron chi connectivity index (χ1n) is 5.80. The molecule has 0 aliphatic rings. The van der Waals surface area contributed by atoms with Crippen molar-refractivity contribution in [2.24, 2.45) is 5.73 Å². The minimum absolute atomic E-state index is 0.0492. The molecule has 0 aromatic heterocycles. The Morgan fingerprint density at radius 3 is 2.61 bits per heavy atom. The first kappa shape index (κ1) is 14.3. The molecule has 0 fully saturated rings. The fourth-order valence-corrected chi connectivity index (χ4v) is 1.94. The number of hydrogen-bond donors (Lipinski definition) is 3. The first-order chi connectivity index (χ1) is 8.34. The van der Waals surface area contributed by atoms with E-state index in [1.54, 1.807) is 19.9 Å². The average molecular weight is 252 g/mol. The number of nitrogen functional groups attached to an aromatic ring is 1. The Kier molecular flexibility index (Phi) is 4.55. The number of aliphatic hydroxyl groups is 1. The van der Waals surface area contributed by atoms with Gasteiger partial charge in [0.05, 0.1) is 0 Å². The smallest absolute Gasteiger partial charge is 0.405 e. The van der Waals surface area contributed by atoms with Crippen LogP contribution in [0.4, 0.5) is 10.5 Å². The van der Waals surface area contributed by atoms with Gasteiger partial charge < -0.3 is 21.3 Å². The van der Waals surface area contributed by atoms with Gasteiger partial charge in [0.1, 0.15) is 5.60 Å². The van der Waals surface area contributed by atoms with Crippen LogP contribution in [0.3, 0.4) is 0 Å². The Labute approximate surface area is 107 Å². The molecule has 18 heavy (non-hydrogen) atoms. The van der Waals surface area contributed by atoms with E-state index < -0.39 is 11.7 Å². The maximum Gasteiger partial charge on any atom is 0.405 e. The van der Waals surface area contributed by atoms with Crippen molar-refractivity contribution in [3.63, 3.8) is 0 Å². The third-order valence-corrected chi connectivity index (χ3v) is 2.60. The van der Waals surface area contributed by atoms with Gasteiger partial charge in [0, 0.05) is 18.7 Å². The summed E-state index contributed by atoms with van der Waals surface area (Å²) in [5.41, 5.74) is 12.7. The molecule has 0 aliphatic heterocycles. The average Bonchev–Trinajstić information content (AvgIpc) is 2.20.